The summed E-state index contributed by atoms with van der Waals surface area (Å²) < 4.78 is 5.59. The number of hydrogen-bond acceptors (Lipinski definition) is 5. The minimum atomic E-state index is -1.19. The molecule has 4 N–H and O–H groups in total. The number of hydrogen-bond donors (Lipinski definition) is 4. The predicted molar refractivity (Wildman–Crippen MR) is 171 cm³/mol. The van der Waals surface area contributed by atoms with E-state index in [1.165, 1.54) is 0 Å². The lowest BCUT2D eigenvalue weighted by molar-refractivity contribution is 0.0367. The normalized spacial score (nSPS) is 14.1. The summed E-state index contributed by atoms with van der Waals surface area (Å²) >= 11 is 0. The summed E-state index contributed by atoms with van der Waals surface area (Å²) in [6.45, 7) is 5.34. The second-order valence-electron chi connectivity index (χ2n) is 11.9. The molecule has 0 spiro atoms. The number of rotatable bonds is 12. The molecule has 1 unspecified atom stereocenters. The Morgan fingerprint density at radius 2 is 1.41 bits per heavy atom. The standard InChI is InChI=1S/C36H41N3O5/c1-36(2,3)44-35(43)39-33(30(27-14-8-5-9-15-27)23-25-12-6-4-7-13-25)32(40)24-29(38-34(41)42)22-26-17-19-28(20-18-26)31-16-10-11-21-37-31/h4-21,29-30,32-33,38,40H,22-24H2,1-3H3,(H,39,43)(H,41,42)/t29-,30?,32-,33-/m0/s1. The summed E-state index contributed by atoms with van der Waals surface area (Å²) in [7, 11) is 0. The Balaban J connectivity index is 1.61. The summed E-state index contributed by atoms with van der Waals surface area (Å²) in [6, 6.07) is 31.7. The number of ether oxygens (including phenoxy) is 1. The topological polar surface area (TPSA) is 121 Å². The fraction of sp³-hybridized carbons (Fsp3) is 0.306. The average molecular weight is 596 g/mol. The van der Waals surface area contributed by atoms with Crippen molar-refractivity contribution in [1.29, 1.82) is 0 Å². The summed E-state index contributed by atoms with van der Waals surface area (Å²) in [5.41, 5.74) is 3.93. The van der Waals surface area contributed by atoms with Gasteiger partial charge in [0.25, 0.3) is 0 Å². The van der Waals surface area contributed by atoms with Crippen LogP contribution in [0, 0.1) is 0 Å². The Kier molecular flexibility index (Phi) is 11.1. The highest BCUT2D eigenvalue weighted by molar-refractivity contribution is 5.68. The quantitative estimate of drug-likeness (QED) is 0.147. The van der Waals surface area contributed by atoms with E-state index in [1.807, 2.05) is 103 Å². The molecule has 1 aromatic heterocycles. The Morgan fingerprint density at radius 1 is 0.795 bits per heavy atom. The van der Waals surface area contributed by atoms with Gasteiger partial charge in [0, 0.05) is 23.7 Å². The minimum Gasteiger partial charge on any atom is -0.465 e. The molecule has 0 saturated carbocycles. The van der Waals surface area contributed by atoms with Crippen LogP contribution in [0.4, 0.5) is 9.59 Å². The zero-order valence-corrected chi connectivity index (χ0v) is 25.4. The third-order valence-corrected chi connectivity index (χ3v) is 7.31. The number of nitrogens with zero attached hydrogens (tertiary/aromatic N) is 1. The third kappa shape index (κ3) is 9.95. The second kappa shape index (κ2) is 15.2. The molecule has 4 aromatic rings. The van der Waals surface area contributed by atoms with E-state index in [9.17, 15) is 19.8 Å². The maximum absolute atomic E-state index is 13.1. The molecule has 0 saturated heterocycles. The van der Waals surface area contributed by atoms with Gasteiger partial charge in [-0.15, -0.1) is 0 Å². The Hall–Kier alpha value is -4.69. The molecule has 2 amide bonds. The summed E-state index contributed by atoms with van der Waals surface area (Å²) in [6.07, 6.45) is -0.266. The van der Waals surface area contributed by atoms with Crippen molar-refractivity contribution in [3.8, 4) is 11.3 Å². The van der Waals surface area contributed by atoms with E-state index in [1.54, 1.807) is 27.0 Å². The van der Waals surface area contributed by atoms with Crippen LogP contribution in [-0.4, -0.2) is 51.2 Å². The van der Waals surface area contributed by atoms with E-state index in [0.29, 0.717) is 12.8 Å². The fourth-order valence-corrected chi connectivity index (χ4v) is 5.36. The van der Waals surface area contributed by atoms with Crippen molar-refractivity contribution >= 4 is 12.2 Å². The van der Waals surface area contributed by atoms with Crippen molar-refractivity contribution in [2.75, 3.05) is 0 Å². The van der Waals surface area contributed by atoms with E-state index in [-0.39, 0.29) is 12.3 Å². The molecular formula is C36H41N3O5. The predicted octanol–water partition coefficient (Wildman–Crippen LogP) is 6.60. The van der Waals surface area contributed by atoms with Gasteiger partial charge in [-0.25, -0.2) is 9.59 Å². The maximum atomic E-state index is 13.1. The van der Waals surface area contributed by atoms with E-state index >= 15 is 0 Å². The molecule has 4 atom stereocenters. The van der Waals surface area contributed by atoms with Crippen molar-refractivity contribution in [3.63, 3.8) is 0 Å². The maximum Gasteiger partial charge on any atom is 0.407 e. The van der Waals surface area contributed by atoms with Gasteiger partial charge in [-0.05, 0) is 68.9 Å². The zero-order chi connectivity index (χ0) is 31.5. The van der Waals surface area contributed by atoms with Crippen molar-refractivity contribution < 1.29 is 24.5 Å². The lowest BCUT2D eigenvalue weighted by Crippen LogP contribution is -2.51. The molecule has 3 aromatic carbocycles. The van der Waals surface area contributed by atoms with Gasteiger partial charge in [0.1, 0.15) is 5.60 Å². The molecular weight excluding hydrogens is 554 g/mol. The fourth-order valence-electron chi connectivity index (χ4n) is 5.36. The van der Waals surface area contributed by atoms with Gasteiger partial charge < -0.3 is 25.6 Å². The van der Waals surface area contributed by atoms with E-state index < -0.39 is 36.0 Å². The van der Waals surface area contributed by atoms with Gasteiger partial charge >= 0.3 is 12.2 Å². The number of aliphatic hydroxyl groups is 1. The van der Waals surface area contributed by atoms with Crippen LogP contribution >= 0.6 is 0 Å². The molecule has 1 heterocycles. The lowest BCUT2D eigenvalue weighted by Gasteiger charge is -2.34. The number of alkyl carbamates (subject to hydrolysis) is 1. The number of carbonyl (C=O) groups is 2. The number of nitrogens with one attached hydrogen (secondary N) is 2. The first kappa shape index (κ1) is 32.2. The van der Waals surface area contributed by atoms with Crippen molar-refractivity contribution in [1.82, 2.24) is 15.6 Å². The molecule has 230 valence electrons. The molecule has 4 rings (SSSR count). The Bertz CT molecular complexity index is 1460. The molecule has 0 aliphatic carbocycles. The first-order valence-electron chi connectivity index (χ1n) is 14.8. The number of benzene rings is 3. The monoisotopic (exact) mass is 595 g/mol. The minimum absolute atomic E-state index is 0.0624. The van der Waals surface area contributed by atoms with Crippen LogP contribution < -0.4 is 10.6 Å². The van der Waals surface area contributed by atoms with Gasteiger partial charge in [-0.3, -0.25) is 4.98 Å². The van der Waals surface area contributed by atoms with Crippen LogP contribution in [0.3, 0.4) is 0 Å². The summed E-state index contributed by atoms with van der Waals surface area (Å²) in [5.74, 6) is -0.329. The summed E-state index contributed by atoms with van der Waals surface area (Å²) in [5, 5.41) is 27.0. The number of carboxylic acid groups (broad SMARTS) is 1. The molecule has 8 nitrogen and oxygen atoms in total. The van der Waals surface area contributed by atoms with Crippen molar-refractivity contribution in [2.24, 2.45) is 0 Å². The smallest absolute Gasteiger partial charge is 0.407 e. The largest absolute Gasteiger partial charge is 0.465 e. The number of pyridine rings is 1. The number of aromatic nitrogens is 1. The van der Waals surface area contributed by atoms with Crippen LogP contribution in [0.15, 0.2) is 109 Å². The van der Waals surface area contributed by atoms with Crippen LogP contribution in [0.5, 0.6) is 0 Å². The molecule has 8 heteroatoms. The number of amides is 2. The highest BCUT2D eigenvalue weighted by Gasteiger charge is 2.34. The van der Waals surface area contributed by atoms with Gasteiger partial charge in [-0.1, -0.05) is 91.0 Å². The van der Waals surface area contributed by atoms with E-state index in [0.717, 1.165) is 27.9 Å². The van der Waals surface area contributed by atoms with E-state index in [4.69, 9.17) is 4.74 Å². The molecule has 0 fully saturated rings. The molecule has 0 radical (unpaired) electrons. The molecule has 0 aliphatic heterocycles. The number of carbonyl (C=O) groups excluding carboxylic acids is 1. The Morgan fingerprint density at radius 3 is 2.00 bits per heavy atom. The molecule has 0 aliphatic rings. The molecule has 44 heavy (non-hydrogen) atoms. The SMILES string of the molecule is CC(C)(C)OC(=O)N[C@@H](C(Cc1ccccc1)c1ccccc1)[C@@H](O)C[C@H](Cc1ccc(-c2ccccn2)cc1)NC(=O)O. The first-order valence-corrected chi connectivity index (χ1v) is 14.8. The Labute approximate surface area is 259 Å². The molecule has 0 bridgehead atoms. The zero-order valence-electron chi connectivity index (χ0n) is 25.4. The van der Waals surface area contributed by atoms with Crippen LogP contribution in [-0.2, 0) is 17.6 Å². The number of aliphatic hydroxyl groups excluding tert-OH is 1. The van der Waals surface area contributed by atoms with Gasteiger partial charge in [0.2, 0.25) is 0 Å². The summed E-state index contributed by atoms with van der Waals surface area (Å²) in [4.78, 5) is 29.3. The van der Waals surface area contributed by atoms with Gasteiger partial charge in [0.15, 0.2) is 0 Å². The average Bonchev–Trinajstić information content (AvgIpc) is 2.99. The van der Waals surface area contributed by atoms with Crippen LogP contribution in [0.2, 0.25) is 0 Å². The second-order valence-corrected chi connectivity index (χ2v) is 11.9. The van der Waals surface area contributed by atoms with Crippen molar-refractivity contribution in [2.45, 2.75) is 69.7 Å². The highest BCUT2D eigenvalue weighted by atomic mass is 16.6. The van der Waals surface area contributed by atoms with Gasteiger partial charge in [0.05, 0.1) is 17.8 Å². The third-order valence-electron chi connectivity index (χ3n) is 7.31. The van der Waals surface area contributed by atoms with Crippen LogP contribution in [0.25, 0.3) is 11.3 Å². The first-order chi connectivity index (χ1) is 21.1. The highest BCUT2D eigenvalue weighted by Crippen LogP contribution is 2.29. The lowest BCUT2D eigenvalue weighted by atomic mass is 9.81. The van der Waals surface area contributed by atoms with Crippen molar-refractivity contribution in [3.05, 3.63) is 126 Å². The van der Waals surface area contributed by atoms with Gasteiger partial charge in [-0.2, -0.15) is 0 Å². The van der Waals surface area contributed by atoms with Crippen LogP contribution in [0.1, 0.15) is 49.8 Å². The van der Waals surface area contributed by atoms with E-state index in [2.05, 4.69) is 15.6 Å².